The lowest BCUT2D eigenvalue weighted by Gasteiger charge is -2.19. The predicted octanol–water partition coefficient (Wildman–Crippen LogP) is 0.841. The van der Waals surface area contributed by atoms with E-state index in [0.717, 1.165) is 6.23 Å². The van der Waals surface area contributed by atoms with Crippen molar-refractivity contribution in [3.05, 3.63) is 0 Å². The fourth-order valence-corrected chi connectivity index (χ4v) is 2.11. The van der Waals surface area contributed by atoms with Gasteiger partial charge in [-0.15, -0.1) is 0 Å². The molecular formula is C8H21NOSi. The topological polar surface area (TPSA) is 21.3 Å². The molecular weight excluding hydrogens is 154 g/mol. The Morgan fingerprint density at radius 1 is 1.36 bits per heavy atom. The van der Waals surface area contributed by atoms with Crippen LogP contribution in [0.4, 0.5) is 0 Å². The molecule has 0 amide bonds. The molecule has 0 aliphatic rings. The maximum absolute atomic E-state index is 5.58. The van der Waals surface area contributed by atoms with Crippen molar-refractivity contribution in [3.63, 3.8) is 0 Å². The van der Waals surface area contributed by atoms with E-state index in [4.69, 9.17) is 4.74 Å². The van der Waals surface area contributed by atoms with Crippen molar-refractivity contribution in [1.82, 2.24) is 4.98 Å². The van der Waals surface area contributed by atoms with Crippen LogP contribution in [0.2, 0.25) is 0 Å². The van der Waals surface area contributed by atoms with Gasteiger partial charge in [-0.1, -0.05) is 13.8 Å². The first-order valence-corrected chi connectivity index (χ1v) is 6.00. The first kappa shape index (κ1) is 11.1. The summed E-state index contributed by atoms with van der Waals surface area (Å²) in [6, 6.07) is 0.616. The molecule has 3 heteroatoms. The highest BCUT2D eigenvalue weighted by Gasteiger charge is 2.08. The Balaban J connectivity index is 3.15. The van der Waals surface area contributed by atoms with Gasteiger partial charge in [0, 0.05) is 6.23 Å². The van der Waals surface area contributed by atoms with Crippen LogP contribution in [-0.2, 0) is 4.74 Å². The Kier molecular flexibility index (Phi) is 4.96. The summed E-state index contributed by atoms with van der Waals surface area (Å²) in [7, 11) is -0.188. The molecule has 0 aromatic carbocycles. The lowest BCUT2D eigenvalue weighted by molar-refractivity contribution is 0.0241. The van der Waals surface area contributed by atoms with Gasteiger partial charge >= 0.3 is 0 Å². The van der Waals surface area contributed by atoms with Crippen LogP contribution < -0.4 is 4.98 Å². The monoisotopic (exact) mass is 175 g/mol. The highest BCUT2D eigenvalue weighted by Crippen LogP contribution is 2.04. The van der Waals surface area contributed by atoms with Gasteiger partial charge in [0.2, 0.25) is 0 Å². The van der Waals surface area contributed by atoms with Gasteiger partial charge in [0.15, 0.2) is 0 Å². The molecule has 0 radical (unpaired) electrons. The predicted molar refractivity (Wildman–Crippen MR) is 52.5 cm³/mol. The zero-order chi connectivity index (χ0) is 8.91. The second kappa shape index (κ2) is 4.90. The number of rotatable bonds is 4. The smallest absolute Gasteiger partial charge is 0.120 e. The first-order chi connectivity index (χ1) is 4.92. The fourth-order valence-electron chi connectivity index (χ4n) is 0.705. The molecule has 0 aromatic heterocycles. The molecule has 0 heterocycles. The van der Waals surface area contributed by atoms with Gasteiger partial charge in [-0.05, 0) is 26.8 Å². The Morgan fingerprint density at radius 3 is 2.27 bits per heavy atom. The normalized spacial score (nSPS) is 13.6. The quantitative estimate of drug-likeness (QED) is 0.505. The summed E-state index contributed by atoms with van der Waals surface area (Å²) in [4.78, 5) is 3.43. The van der Waals surface area contributed by atoms with E-state index in [0.29, 0.717) is 6.04 Å². The summed E-state index contributed by atoms with van der Waals surface area (Å²) < 4.78 is 5.58. The van der Waals surface area contributed by atoms with E-state index < -0.39 is 0 Å². The fraction of sp³-hybridized carbons (Fsp3) is 1.00. The van der Waals surface area contributed by atoms with Crippen molar-refractivity contribution in [3.8, 4) is 0 Å². The number of nitrogens with one attached hydrogen (secondary N) is 1. The van der Waals surface area contributed by atoms with Crippen molar-refractivity contribution in [2.75, 3.05) is 6.23 Å². The minimum Gasteiger partial charge on any atom is -0.378 e. The first-order valence-electron chi connectivity index (χ1n) is 4.29. The molecule has 0 unspecified atom stereocenters. The SMILES string of the molecule is CC(C)N[SiH2]COC(C)(C)C. The van der Waals surface area contributed by atoms with Crippen molar-refractivity contribution in [2.24, 2.45) is 0 Å². The van der Waals surface area contributed by atoms with Crippen LogP contribution in [0, 0.1) is 0 Å². The van der Waals surface area contributed by atoms with Gasteiger partial charge in [-0.2, -0.15) is 0 Å². The molecule has 0 aliphatic heterocycles. The van der Waals surface area contributed by atoms with E-state index in [1.54, 1.807) is 0 Å². The summed E-state index contributed by atoms with van der Waals surface area (Å²) in [5, 5.41) is 0. The zero-order valence-corrected chi connectivity index (χ0v) is 9.81. The third-order valence-electron chi connectivity index (χ3n) is 1.19. The second-order valence-electron chi connectivity index (χ2n) is 4.07. The van der Waals surface area contributed by atoms with Crippen molar-refractivity contribution >= 4 is 9.68 Å². The van der Waals surface area contributed by atoms with E-state index in [9.17, 15) is 0 Å². The van der Waals surface area contributed by atoms with Gasteiger partial charge in [-0.25, -0.2) is 0 Å². The maximum atomic E-state index is 5.58. The average Bonchev–Trinajstić information content (AvgIpc) is 1.78. The summed E-state index contributed by atoms with van der Waals surface area (Å²) in [6.45, 7) is 10.6. The number of ether oxygens (including phenoxy) is 1. The van der Waals surface area contributed by atoms with Crippen LogP contribution in [0.3, 0.4) is 0 Å². The molecule has 0 rings (SSSR count). The van der Waals surface area contributed by atoms with Crippen LogP contribution in [0.1, 0.15) is 34.6 Å². The van der Waals surface area contributed by atoms with E-state index in [2.05, 4.69) is 39.6 Å². The molecule has 68 valence electrons. The number of hydrogen-bond acceptors (Lipinski definition) is 2. The average molecular weight is 175 g/mol. The standard InChI is InChI=1S/C8H21NOSi/c1-7(2)9-11-6-10-8(3,4)5/h7,9H,6,11H2,1-5H3. The minimum absolute atomic E-state index is 0.0334. The maximum Gasteiger partial charge on any atom is 0.120 e. The van der Waals surface area contributed by atoms with Crippen LogP contribution >= 0.6 is 0 Å². The van der Waals surface area contributed by atoms with Crippen molar-refractivity contribution in [2.45, 2.75) is 46.3 Å². The molecule has 0 atom stereocenters. The molecule has 0 fully saturated rings. The Bertz CT molecular complexity index is 98.8. The molecule has 2 nitrogen and oxygen atoms in total. The van der Waals surface area contributed by atoms with E-state index in [-0.39, 0.29) is 15.3 Å². The Hall–Kier alpha value is 0.137. The van der Waals surface area contributed by atoms with Gasteiger partial charge in [0.25, 0.3) is 0 Å². The minimum atomic E-state index is -0.188. The van der Waals surface area contributed by atoms with Crippen LogP contribution in [0.25, 0.3) is 0 Å². The second-order valence-corrected chi connectivity index (χ2v) is 5.39. The van der Waals surface area contributed by atoms with Gasteiger partial charge in [-0.3, -0.25) is 0 Å². The molecule has 0 saturated heterocycles. The van der Waals surface area contributed by atoms with E-state index >= 15 is 0 Å². The highest BCUT2D eigenvalue weighted by molar-refractivity contribution is 6.31. The largest absolute Gasteiger partial charge is 0.378 e. The molecule has 0 saturated carbocycles. The molecule has 1 N–H and O–H groups in total. The summed E-state index contributed by atoms with van der Waals surface area (Å²) in [6.07, 6.45) is 0.932. The molecule has 0 bridgehead atoms. The molecule has 0 spiro atoms. The van der Waals surface area contributed by atoms with Crippen molar-refractivity contribution < 1.29 is 4.74 Å². The van der Waals surface area contributed by atoms with E-state index in [1.807, 2.05) is 0 Å². The summed E-state index contributed by atoms with van der Waals surface area (Å²) in [5.74, 6) is 0. The van der Waals surface area contributed by atoms with Gasteiger partial charge < -0.3 is 9.72 Å². The number of hydrogen-bond donors (Lipinski definition) is 1. The third kappa shape index (κ3) is 10.1. The third-order valence-corrected chi connectivity index (χ3v) is 2.70. The highest BCUT2D eigenvalue weighted by atomic mass is 28.2. The molecule has 11 heavy (non-hydrogen) atoms. The van der Waals surface area contributed by atoms with E-state index in [1.165, 1.54) is 0 Å². The summed E-state index contributed by atoms with van der Waals surface area (Å²) >= 11 is 0. The lowest BCUT2D eigenvalue weighted by atomic mass is 10.2. The van der Waals surface area contributed by atoms with Crippen LogP contribution in [0.5, 0.6) is 0 Å². The van der Waals surface area contributed by atoms with Gasteiger partial charge in [0.05, 0.1) is 5.60 Å². The van der Waals surface area contributed by atoms with Gasteiger partial charge in [0.1, 0.15) is 9.68 Å². The Morgan fingerprint density at radius 2 is 1.91 bits per heavy atom. The van der Waals surface area contributed by atoms with Crippen LogP contribution in [-0.4, -0.2) is 27.6 Å². The van der Waals surface area contributed by atoms with Crippen molar-refractivity contribution in [1.29, 1.82) is 0 Å². The van der Waals surface area contributed by atoms with Crippen LogP contribution in [0.15, 0.2) is 0 Å². The Labute approximate surface area is 72.6 Å². The summed E-state index contributed by atoms with van der Waals surface area (Å²) in [5.41, 5.74) is 0.0334. The molecule has 0 aromatic rings. The zero-order valence-electron chi connectivity index (χ0n) is 8.40. The molecule has 0 aliphatic carbocycles. The lowest BCUT2D eigenvalue weighted by Crippen LogP contribution is -2.33.